The van der Waals surface area contributed by atoms with E-state index in [0.717, 1.165) is 11.3 Å². The summed E-state index contributed by atoms with van der Waals surface area (Å²) in [7, 11) is 1.84. The molecule has 1 unspecified atom stereocenters. The number of amides is 1. The van der Waals surface area contributed by atoms with Gasteiger partial charge in [0, 0.05) is 7.05 Å². The van der Waals surface area contributed by atoms with Gasteiger partial charge in [0.05, 0.1) is 11.6 Å². The van der Waals surface area contributed by atoms with E-state index in [1.807, 2.05) is 74.6 Å². The lowest BCUT2D eigenvalue weighted by atomic mass is 10.0. The maximum absolute atomic E-state index is 12.2. The minimum Gasteiger partial charge on any atom is -0.289 e. The minimum absolute atomic E-state index is 0.0162. The SMILES string of the molecule is CC(C(=O)NN(C)c1ccccc1)c1ccccc1. The van der Waals surface area contributed by atoms with Crippen LogP contribution in [0.5, 0.6) is 0 Å². The summed E-state index contributed by atoms with van der Waals surface area (Å²) < 4.78 is 0. The normalized spacial score (nSPS) is 11.7. The van der Waals surface area contributed by atoms with Gasteiger partial charge in [0.1, 0.15) is 0 Å². The predicted octanol–water partition coefficient (Wildman–Crippen LogP) is 2.96. The minimum atomic E-state index is -0.174. The highest BCUT2D eigenvalue weighted by molar-refractivity contribution is 5.84. The van der Waals surface area contributed by atoms with Crippen LogP contribution in [0.15, 0.2) is 60.7 Å². The molecule has 1 atom stereocenters. The summed E-state index contributed by atoms with van der Waals surface area (Å²) in [6, 6.07) is 19.5. The van der Waals surface area contributed by atoms with Gasteiger partial charge in [0.25, 0.3) is 0 Å². The first-order valence-corrected chi connectivity index (χ1v) is 6.32. The highest BCUT2D eigenvalue weighted by Crippen LogP contribution is 2.15. The van der Waals surface area contributed by atoms with Crippen LogP contribution in [0.25, 0.3) is 0 Å². The second-order valence-electron chi connectivity index (χ2n) is 4.50. The molecule has 3 nitrogen and oxygen atoms in total. The first kappa shape index (κ1) is 13.1. The van der Waals surface area contributed by atoms with Gasteiger partial charge in [-0.15, -0.1) is 0 Å². The Morgan fingerprint density at radius 2 is 1.53 bits per heavy atom. The lowest BCUT2D eigenvalue weighted by Gasteiger charge is -2.22. The molecule has 1 N–H and O–H groups in total. The number of rotatable bonds is 4. The molecule has 0 aromatic heterocycles. The van der Waals surface area contributed by atoms with Gasteiger partial charge >= 0.3 is 0 Å². The van der Waals surface area contributed by atoms with E-state index in [4.69, 9.17) is 0 Å². The number of carbonyl (C=O) groups excluding carboxylic acids is 1. The van der Waals surface area contributed by atoms with Crippen LogP contribution < -0.4 is 10.4 Å². The average Bonchev–Trinajstić information content (AvgIpc) is 2.48. The largest absolute Gasteiger partial charge is 0.289 e. The third-order valence-corrected chi connectivity index (χ3v) is 3.11. The maximum Gasteiger partial charge on any atom is 0.245 e. The first-order chi connectivity index (χ1) is 9.18. The van der Waals surface area contributed by atoms with Crippen molar-refractivity contribution in [3.8, 4) is 0 Å². The van der Waals surface area contributed by atoms with Crippen molar-refractivity contribution in [2.24, 2.45) is 0 Å². The molecule has 0 radical (unpaired) electrons. The summed E-state index contributed by atoms with van der Waals surface area (Å²) in [6.07, 6.45) is 0. The van der Waals surface area contributed by atoms with Gasteiger partial charge in [-0.2, -0.15) is 0 Å². The van der Waals surface area contributed by atoms with Crippen molar-refractivity contribution in [1.29, 1.82) is 0 Å². The van der Waals surface area contributed by atoms with E-state index in [0.29, 0.717) is 0 Å². The topological polar surface area (TPSA) is 32.3 Å². The Balaban J connectivity index is 2.02. The number of nitrogens with zero attached hydrogens (tertiary/aromatic N) is 1. The summed E-state index contributed by atoms with van der Waals surface area (Å²) in [6.45, 7) is 1.91. The van der Waals surface area contributed by atoms with E-state index in [-0.39, 0.29) is 11.8 Å². The number of carbonyl (C=O) groups is 1. The second kappa shape index (κ2) is 6.05. The Labute approximate surface area is 113 Å². The molecule has 0 fully saturated rings. The fraction of sp³-hybridized carbons (Fsp3) is 0.188. The molecule has 0 heterocycles. The lowest BCUT2D eigenvalue weighted by Crippen LogP contribution is -2.41. The Morgan fingerprint density at radius 1 is 1.00 bits per heavy atom. The van der Waals surface area contributed by atoms with Crippen molar-refractivity contribution < 1.29 is 4.79 Å². The molecule has 3 heteroatoms. The molecule has 19 heavy (non-hydrogen) atoms. The summed E-state index contributed by atoms with van der Waals surface area (Å²) in [5.41, 5.74) is 4.86. The zero-order valence-electron chi connectivity index (χ0n) is 11.2. The molecule has 0 bridgehead atoms. The molecule has 1 amide bonds. The van der Waals surface area contributed by atoms with Gasteiger partial charge in [-0.05, 0) is 24.6 Å². The summed E-state index contributed by atoms with van der Waals surface area (Å²) in [4.78, 5) is 12.2. The third-order valence-electron chi connectivity index (χ3n) is 3.11. The summed E-state index contributed by atoms with van der Waals surface area (Å²) >= 11 is 0. The highest BCUT2D eigenvalue weighted by Gasteiger charge is 2.16. The molecule has 2 rings (SSSR count). The van der Waals surface area contributed by atoms with Crippen LogP contribution in [0, 0.1) is 0 Å². The third kappa shape index (κ3) is 3.35. The quantitative estimate of drug-likeness (QED) is 0.851. The van der Waals surface area contributed by atoms with Crippen LogP contribution in [-0.4, -0.2) is 13.0 Å². The molecule has 0 saturated heterocycles. The van der Waals surface area contributed by atoms with Crippen molar-refractivity contribution in [2.75, 3.05) is 12.1 Å². The lowest BCUT2D eigenvalue weighted by molar-refractivity contribution is -0.122. The Kier molecular flexibility index (Phi) is 4.18. The van der Waals surface area contributed by atoms with Crippen molar-refractivity contribution in [2.45, 2.75) is 12.8 Å². The smallest absolute Gasteiger partial charge is 0.245 e. The van der Waals surface area contributed by atoms with E-state index in [2.05, 4.69) is 5.43 Å². The molecule has 0 saturated carbocycles. The van der Waals surface area contributed by atoms with Crippen LogP contribution in [0.2, 0.25) is 0 Å². The molecule has 0 aliphatic carbocycles. The van der Waals surface area contributed by atoms with Gasteiger partial charge < -0.3 is 0 Å². The van der Waals surface area contributed by atoms with Crippen molar-refractivity contribution in [3.05, 3.63) is 66.2 Å². The van der Waals surface area contributed by atoms with Crippen LogP contribution in [-0.2, 0) is 4.79 Å². The Morgan fingerprint density at radius 3 is 2.11 bits per heavy atom. The number of para-hydroxylation sites is 1. The summed E-state index contributed by atoms with van der Waals surface area (Å²) in [5, 5.41) is 1.74. The van der Waals surface area contributed by atoms with Gasteiger partial charge in [-0.3, -0.25) is 15.2 Å². The van der Waals surface area contributed by atoms with Gasteiger partial charge in [-0.25, -0.2) is 0 Å². The predicted molar refractivity (Wildman–Crippen MR) is 77.8 cm³/mol. The molecular weight excluding hydrogens is 236 g/mol. The first-order valence-electron chi connectivity index (χ1n) is 6.32. The average molecular weight is 254 g/mol. The standard InChI is InChI=1S/C16H18N2O/c1-13(14-9-5-3-6-10-14)16(19)17-18(2)15-11-7-4-8-12-15/h3-13H,1-2H3,(H,17,19). The fourth-order valence-electron chi connectivity index (χ4n) is 1.87. The van der Waals surface area contributed by atoms with Crippen LogP contribution in [0.3, 0.4) is 0 Å². The van der Waals surface area contributed by atoms with Crippen molar-refractivity contribution in [3.63, 3.8) is 0 Å². The van der Waals surface area contributed by atoms with E-state index < -0.39 is 0 Å². The van der Waals surface area contributed by atoms with Gasteiger partial charge in [0.2, 0.25) is 5.91 Å². The van der Waals surface area contributed by atoms with E-state index in [1.54, 1.807) is 5.01 Å². The van der Waals surface area contributed by atoms with Gasteiger partial charge in [-0.1, -0.05) is 48.5 Å². The summed E-state index contributed by atoms with van der Waals surface area (Å²) in [5.74, 6) is -0.190. The molecule has 0 aliphatic heterocycles. The van der Waals surface area contributed by atoms with Crippen molar-refractivity contribution >= 4 is 11.6 Å². The zero-order chi connectivity index (χ0) is 13.7. The van der Waals surface area contributed by atoms with Crippen molar-refractivity contribution in [1.82, 2.24) is 5.43 Å². The number of anilines is 1. The number of hydrogen-bond acceptors (Lipinski definition) is 2. The second-order valence-corrected chi connectivity index (χ2v) is 4.50. The molecule has 98 valence electrons. The number of hydrogen-bond donors (Lipinski definition) is 1. The monoisotopic (exact) mass is 254 g/mol. The molecule has 2 aromatic rings. The fourth-order valence-corrected chi connectivity index (χ4v) is 1.87. The van der Waals surface area contributed by atoms with E-state index in [1.165, 1.54) is 0 Å². The van der Waals surface area contributed by atoms with E-state index >= 15 is 0 Å². The number of nitrogens with one attached hydrogen (secondary N) is 1. The van der Waals surface area contributed by atoms with Crippen LogP contribution in [0.4, 0.5) is 5.69 Å². The Hall–Kier alpha value is -2.29. The van der Waals surface area contributed by atoms with Gasteiger partial charge in [0.15, 0.2) is 0 Å². The number of benzene rings is 2. The maximum atomic E-state index is 12.2. The number of hydrazine groups is 1. The zero-order valence-corrected chi connectivity index (χ0v) is 11.2. The molecule has 0 spiro atoms. The Bertz CT molecular complexity index is 525. The molecular formula is C16H18N2O. The van der Waals surface area contributed by atoms with Crippen LogP contribution in [0.1, 0.15) is 18.4 Å². The molecule has 2 aromatic carbocycles. The highest BCUT2D eigenvalue weighted by atomic mass is 16.2. The van der Waals surface area contributed by atoms with E-state index in [9.17, 15) is 4.79 Å². The van der Waals surface area contributed by atoms with Crippen LogP contribution >= 0.6 is 0 Å². The molecule has 0 aliphatic rings.